The van der Waals surface area contributed by atoms with E-state index in [9.17, 15) is 0 Å². The van der Waals surface area contributed by atoms with Gasteiger partial charge in [0.05, 0.1) is 0 Å². The first-order chi connectivity index (χ1) is 19.4. The molecule has 6 heterocycles. The van der Waals surface area contributed by atoms with Gasteiger partial charge in [-0.25, -0.2) is 0 Å². The number of fused-ring (bicyclic) bond motifs is 10. The van der Waals surface area contributed by atoms with Crippen molar-refractivity contribution >= 4 is 6.71 Å². The van der Waals surface area contributed by atoms with Gasteiger partial charge in [0.2, 0.25) is 0 Å². The van der Waals surface area contributed by atoms with Crippen LogP contribution in [-0.2, 0) is 0 Å². The average molecular weight is 525 g/mol. The molecule has 1 aromatic carbocycles. The van der Waals surface area contributed by atoms with Gasteiger partial charge in [-0.2, -0.15) is 0 Å². The van der Waals surface area contributed by atoms with Crippen molar-refractivity contribution in [2.75, 3.05) is 26.2 Å². The van der Waals surface area contributed by atoms with Gasteiger partial charge < -0.3 is 10.6 Å². The highest BCUT2D eigenvalue weighted by molar-refractivity contribution is 6.65. The Morgan fingerprint density at radius 3 is 1.74 bits per heavy atom. The molecule has 0 radical (unpaired) electrons. The van der Waals surface area contributed by atoms with E-state index in [2.05, 4.69) is 50.8 Å². The molecular formula is C34H49BN4. The molecular weight excluding hydrogens is 475 g/mol. The van der Waals surface area contributed by atoms with Crippen LogP contribution in [0.15, 0.2) is 30.3 Å². The summed E-state index contributed by atoms with van der Waals surface area (Å²) in [4.78, 5) is 6.67. The minimum absolute atomic E-state index is 0.747. The predicted octanol–water partition coefficient (Wildman–Crippen LogP) is 4.86. The Bertz CT molecular complexity index is 1030. The van der Waals surface area contributed by atoms with Crippen LogP contribution in [0.25, 0.3) is 0 Å². The van der Waals surface area contributed by atoms with Gasteiger partial charge in [0, 0.05) is 36.3 Å². The number of nitrogens with zero attached hydrogens (tertiary/aromatic N) is 2. The summed E-state index contributed by atoms with van der Waals surface area (Å²) in [6.07, 6.45) is 14.9. The maximum absolute atomic E-state index is 3.88. The largest absolute Gasteiger partial charge is 0.316 e. The molecule has 39 heavy (non-hydrogen) atoms. The summed E-state index contributed by atoms with van der Waals surface area (Å²) in [5, 5.41) is 7.76. The second-order valence-electron chi connectivity index (χ2n) is 15.7. The first-order valence-electron chi connectivity index (χ1n) is 17.4. The molecule has 9 fully saturated rings. The molecule has 208 valence electrons. The molecule has 12 atom stereocenters. The first-order valence-corrected chi connectivity index (χ1v) is 17.4. The molecule has 12 unspecified atom stereocenters. The topological polar surface area (TPSA) is 30.5 Å². The van der Waals surface area contributed by atoms with E-state index in [4.69, 9.17) is 0 Å². The molecule has 1 aromatic rings. The summed E-state index contributed by atoms with van der Waals surface area (Å²) in [5.41, 5.74) is 1.65. The van der Waals surface area contributed by atoms with Crippen molar-refractivity contribution in [3.63, 3.8) is 0 Å². The molecule has 9 aliphatic rings. The van der Waals surface area contributed by atoms with Gasteiger partial charge >= 0.3 is 0 Å². The first kappa shape index (κ1) is 23.7. The Morgan fingerprint density at radius 1 is 0.615 bits per heavy atom. The molecule has 3 saturated carbocycles. The lowest BCUT2D eigenvalue weighted by Gasteiger charge is -2.67. The lowest BCUT2D eigenvalue weighted by atomic mass is 9.18. The van der Waals surface area contributed by atoms with Crippen molar-refractivity contribution in [3.8, 4) is 0 Å². The number of nitrogens with one attached hydrogen (secondary N) is 2. The Hall–Kier alpha value is -0.875. The van der Waals surface area contributed by atoms with Crippen LogP contribution in [0.2, 0.25) is 17.5 Å². The van der Waals surface area contributed by atoms with E-state index in [1.807, 2.05) is 0 Å². The number of benzene rings is 1. The van der Waals surface area contributed by atoms with Gasteiger partial charge in [-0.1, -0.05) is 56.0 Å². The van der Waals surface area contributed by atoms with Gasteiger partial charge in [0.1, 0.15) is 0 Å². The zero-order valence-corrected chi connectivity index (χ0v) is 23.8. The highest BCUT2D eigenvalue weighted by Crippen LogP contribution is 2.68. The molecule has 10 rings (SSSR count). The molecule has 3 aliphatic carbocycles. The maximum Gasteiger partial charge on any atom is 0.156 e. The molecule has 2 N–H and O–H groups in total. The maximum atomic E-state index is 3.88. The Kier molecular flexibility index (Phi) is 5.35. The predicted molar refractivity (Wildman–Crippen MR) is 158 cm³/mol. The van der Waals surface area contributed by atoms with E-state index in [1.54, 1.807) is 18.4 Å². The van der Waals surface area contributed by atoms with E-state index < -0.39 is 0 Å². The van der Waals surface area contributed by atoms with Crippen molar-refractivity contribution in [2.24, 2.45) is 23.7 Å². The van der Waals surface area contributed by atoms with Crippen LogP contribution in [0.4, 0.5) is 0 Å². The second kappa shape index (κ2) is 8.82. The van der Waals surface area contributed by atoms with E-state index in [0.29, 0.717) is 0 Å². The van der Waals surface area contributed by atoms with E-state index >= 15 is 0 Å². The van der Waals surface area contributed by atoms with Crippen LogP contribution in [0.1, 0.15) is 75.7 Å². The standard InChI is InChI=1S/C34H49BN4/c1-2-6-20(7-3-1)21-16-30-32-31(17-21)39-29-13-15-37-19-25(29)23-9-5-11-27(34(23)39)35(32)26-10-4-8-22-24-18-36-14-12-28(24)38(30)33(22)26/h1-3,6-7,21-34,36-37H,4-5,8-19H2. The van der Waals surface area contributed by atoms with Crippen molar-refractivity contribution in [3.05, 3.63) is 35.9 Å². The van der Waals surface area contributed by atoms with Gasteiger partial charge in [-0.3, -0.25) is 9.80 Å². The summed E-state index contributed by atoms with van der Waals surface area (Å²) < 4.78 is 0. The Morgan fingerprint density at radius 2 is 1.18 bits per heavy atom. The fourth-order valence-corrected chi connectivity index (χ4v) is 14.2. The summed E-state index contributed by atoms with van der Waals surface area (Å²) in [5.74, 6) is 7.49. The van der Waals surface area contributed by atoms with Crippen molar-refractivity contribution in [2.45, 2.75) is 124 Å². The van der Waals surface area contributed by atoms with Crippen LogP contribution in [-0.4, -0.2) is 78.9 Å². The lowest BCUT2D eigenvalue weighted by molar-refractivity contribution is -0.0244. The highest BCUT2D eigenvalue weighted by Gasteiger charge is 2.71. The van der Waals surface area contributed by atoms with E-state index in [1.165, 1.54) is 77.5 Å². The van der Waals surface area contributed by atoms with Crippen molar-refractivity contribution in [1.82, 2.24) is 20.4 Å². The Balaban J connectivity index is 1.14. The molecule has 0 spiro atoms. The number of piperidine rings is 2. The molecule has 6 aliphatic heterocycles. The van der Waals surface area contributed by atoms with Gasteiger partial charge in [-0.15, -0.1) is 0 Å². The summed E-state index contributed by atoms with van der Waals surface area (Å²) in [6, 6.07) is 17.1. The number of hydrogen-bond donors (Lipinski definition) is 2. The third-order valence-corrected chi connectivity index (χ3v) is 14.9. The average Bonchev–Trinajstić information content (AvgIpc) is 3.52. The molecule has 0 bridgehead atoms. The molecule has 6 saturated heterocycles. The zero-order chi connectivity index (χ0) is 25.2. The second-order valence-corrected chi connectivity index (χ2v) is 15.7. The van der Waals surface area contributed by atoms with Crippen LogP contribution in [0, 0.1) is 23.7 Å². The fourth-order valence-electron chi connectivity index (χ4n) is 14.2. The molecule has 0 aromatic heterocycles. The number of hydrogen-bond acceptors (Lipinski definition) is 4. The minimum atomic E-state index is 0.747. The normalized spacial score (nSPS) is 53.8. The van der Waals surface area contributed by atoms with Crippen LogP contribution in [0.5, 0.6) is 0 Å². The molecule has 4 nitrogen and oxygen atoms in total. The van der Waals surface area contributed by atoms with Crippen LogP contribution >= 0.6 is 0 Å². The third kappa shape index (κ3) is 3.12. The molecule has 0 amide bonds. The van der Waals surface area contributed by atoms with Gasteiger partial charge in [0.25, 0.3) is 0 Å². The fraction of sp³-hybridized carbons (Fsp3) is 0.824. The lowest BCUT2D eigenvalue weighted by Crippen LogP contribution is -2.72. The number of rotatable bonds is 1. The quantitative estimate of drug-likeness (QED) is 0.514. The summed E-state index contributed by atoms with van der Waals surface area (Å²) in [6.45, 7) is 6.14. The van der Waals surface area contributed by atoms with Crippen LogP contribution in [0.3, 0.4) is 0 Å². The van der Waals surface area contributed by atoms with Crippen molar-refractivity contribution < 1.29 is 0 Å². The summed E-state index contributed by atoms with van der Waals surface area (Å²) in [7, 11) is 0. The highest BCUT2D eigenvalue weighted by atomic mass is 15.3. The third-order valence-electron chi connectivity index (χ3n) is 14.9. The van der Waals surface area contributed by atoms with E-state index in [-0.39, 0.29) is 0 Å². The summed E-state index contributed by atoms with van der Waals surface area (Å²) >= 11 is 0. The van der Waals surface area contributed by atoms with E-state index in [0.717, 1.165) is 90.0 Å². The van der Waals surface area contributed by atoms with Crippen molar-refractivity contribution in [1.29, 1.82) is 0 Å². The monoisotopic (exact) mass is 524 g/mol. The Labute approximate surface area is 236 Å². The SMILES string of the molecule is c1ccc(C2CC3C4B(C5CCCC6C7CNCCC7N3C56)C3CCCC5C6CNCCC6N(C4C2)C35)cc1. The smallest absolute Gasteiger partial charge is 0.156 e. The van der Waals surface area contributed by atoms with Gasteiger partial charge in [0.15, 0.2) is 6.71 Å². The minimum Gasteiger partial charge on any atom is -0.316 e. The zero-order valence-electron chi connectivity index (χ0n) is 23.8. The molecule has 5 heteroatoms. The van der Waals surface area contributed by atoms with Gasteiger partial charge in [-0.05, 0) is 117 Å². The van der Waals surface area contributed by atoms with Crippen LogP contribution < -0.4 is 10.6 Å².